The van der Waals surface area contributed by atoms with Gasteiger partial charge in [-0.15, -0.1) is 0 Å². The minimum absolute atomic E-state index is 0.0983. The average molecular weight is 318 g/mol. The summed E-state index contributed by atoms with van der Waals surface area (Å²) in [6.45, 7) is 7.57. The third-order valence-electron chi connectivity index (χ3n) is 5.48. The Balaban J connectivity index is 1.92. The van der Waals surface area contributed by atoms with Crippen molar-refractivity contribution in [2.75, 3.05) is 6.54 Å². The molecule has 1 aliphatic carbocycles. The molecule has 2 aliphatic heterocycles. The van der Waals surface area contributed by atoms with Gasteiger partial charge in [0.1, 0.15) is 6.23 Å². The fourth-order valence-electron chi connectivity index (χ4n) is 3.84. The van der Waals surface area contributed by atoms with Crippen molar-refractivity contribution >= 4 is 14.3 Å². The second-order valence-electron chi connectivity index (χ2n) is 6.36. The van der Waals surface area contributed by atoms with E-state index >= 15 is 0 Å². The number of amides is 2. The highest BCUT2D eigenvalue weighted by molar-refractivity contribution is 6.73. The largest absolute Gasteiger partial charge is 0.395 e. The summed E-state index contributed by atoms with van der Waals surface area (Å²) in [6.07, 6.45) is 7.78. The molecule has 0 N–H and O–H groups in total. The number of fused-ring (bicyclic) bond motifs is 1. The van der Waals surface area contributed by atoms with Crippen LogP contribution in [0.3, 0.4) is 0 Å². The molecule has 0 radical (unpaired) electrons. The summed E-state index contributed by atoms with van der Waals surface area (Å²) in [5.74, 6) is 0. The van der Waals surface area contributed by atoms with Gasteiger partial charge in [-0.1, -0.05) is 32.6 Å². The maximum atomic E-state index is 12.8. The number of nitrogens with zero attached hydrogens (tertiary/aromatic N) is 2. The van der Waals surface area contributed by atoms with E-state index in [0.29, 0.717) is 0 Å². The van der Waals surface area contributed by atoms with Crippen LogP contribution in [0, 0.1) is 0 Å². The topological polar surface area (TPSA) is 32.8 Å². The molecule has 22 heavy (non-hydrogen) atoms. The fraction of sp³-hybridized carbons (Fsp3) is 0.647. The van der Waals surface area contributed by atoms with E-state index < -0.39 is 8.32 Å². The quantitative estimate of drug-likeness (QED) is 0.550. The summed E-state index contributed by atoms with van der Waals surface area (Å²) in [5, 5.41) is 0. The van der Waals surface area contributed by atoms with Gasteiger partial charge in [0.15, 0.2) is 8.32 Å². The Morgan fingerprint density at radius 2 is 2.05 bits per heavy atom. The van der Waals surface area contributed by atoms with Gasteiger partial charge < -0.3 is 9.33 Å². The third-order valence-corrected chi connectivity index (χ3v) is 10.1. The summed E-state index contributed by atoms with van der Waals surface area (Å²) in [7, 11) is -1.76. The highest BCUT2D eigenvalue weighted by Gasteiger charge is 2.52. The van der Waals surface area contributed by atoms with E-state index in [9.17, 15) is 4.79 Å². The Morgan fingerprint density at radius 3 is 2.64 bits per heavy atom. The number of allylic oxidation sites excluding steroid dienone is 2. The van der Waals surface area contributed by atoms with Crippen LogP contribution in [0.4, 0.5) is 4.79 Å². The molecular weight excluding hydrogens is 292 g/mol. The molecule has 0 aromatic rings. The molecule has 2 saturated heterocycles. The first-order valence-corrected chi connectivity index (χ1v) is 11.1. The fourth-order valence-corrected chi connectivity index (χ4v) is 6.62. The Hall–Kier alpha value is -1.29. The molecule has 2 amide bonds. The van der Waals surface area contributed by atoms with Crippen molar-refractivity contribution in [2.45, 2.75) is 64.0 Å². The second kappa shape index (κ2) is 6.07. The van der Waals surface area contributed by atoms with E-state index in [4.69, 9.17) is 4.43 Å². The van der Waals surface area contributed by atoms with E-state index in [0.717, 1.165) is 43.2 Å². The van der Waals surface area contributed by atoms with Gasteiger partial charge in [-0.25, -0.2) is 4.79 Å². The molecule has 120 valence electrons. The van der Waals surface area contributed by atoms with Crippen LogP contribution >= 0.6 is 0 Å². The zero-order chi connectivity index (χ0) is 15.7. The Morgan fingerprint density at radius 1 is 1.32 bits per heavy atom. The second-order valence-corrected chi connectivity index (χ2v) is 11.1. The summed E-state index contributed by atoms with van der Waals surface area (Å²) >= 11 is 0. The van der Waals surface area contributed by atoms with E-state index in [1.54, 1.807) is 0 Å². The summed E-state index contributed by atoms with van der Waals surface area (Å²) < 4.78 is 6.75. The maximum absolute atomic E-state index is 12.8. The van der Waals surface area contributed by atoms with E-state index in [-0.39, 0.29) is 18.3 Å². The molecule has 0 saturated carbocycles. The van der Waals surface area contributed by atoms with Gasteiger partial charge >= 0.3 is 6.03 Å². The predicted octanol–water partition coefficient (Wildman–Crippen LogP) is 3.84. The van der Waals surface area contributed by atoms with Crippen molar-refractivity contribution in [3.63, 3.8) is 0 Å². The summed E-state index contributed by atoms with van der Waals surface area (Å²) in [4.78, 5) is 16.7. The van der Waals surface area contributed by atoms with Crippen molar-refractivity contribution in [1.82, 2.24) is 9.80 Å². The predicted molar refractivity (Wildman–Crippen MR) is 89.8 cm³/mol. The van der Waals surface area contributed by atoms with Crippen LogP contribution in [0.1, 0.15) is 33.6 Å². The lowest BCUT2D eigenvalue weighted by atomic mass is 10.2. The number of urea groups is 1. The Bertz CT molecular complexity index is 539. The zero-order valence-electron chi connectivity index (χ0n) is 13.8. The summed E-state index contributed by atoms with van der Waals surface area (Å²) in [6, 6.07) is 3.63. The molecule has 0 unspecified atom stereocenters. The SMILES string of the molecule is CC[Si](CC)(CC)O[C@@H]1[C@@H]2CCCN2C(=O)N1C1=C=CC=C1. The molecule has 3 rings (SSSR count). The standard InChI is InChI=1S/C17H26N2O2Si/c1-4-22(5-2,6-3)21-16-15-12-9-13-18(15)17(20)19(16)14-10-7-8-11-14/h7-8,10,15-16H,4-6,9,12-13H2,1-3H3/t15-,16+/m0/s1. The first-order valence-electron chi connectivity index (χ1n) is 8.56. The number of carbonyl (C=O) groups is 1. The van der Waals surface area contributed by atoms with Crippen molar-refractivity contribution in [3.05, 3.63) is 29.7 Å². The van der Waals surface area contributed by atoms with Crippen LogP contribution < -0.4 is 0 Å². The molecular formula is C17H26N2O2Si. The minimum Gasteiger partial charge on any atom is -0.395 e. The number of rotatable bonds is 6. The Labute approximate surface area is 134 Å². The highest BCUT2D eigenvalue weighted by atomic mass is 28.4. The van der Waals surface area contributed by atoms with Gasteiger partial charge in [-0.2, -0.15) is 0 Å². The van der Waals surface area contributed by atoms with Crippen molar-refractivity contribution in [2.24, 2.45) is 0 Å². The molecule has 2 heterocycles. The Kier molecular flexibility index (Phi) is 4.30. The van der Waals surface area contributed by atoms with Gasteiger partial charge in [0.05, 0.1) is 11.7 Å². The smallest absolute Gasteiger partial charge is 0.327 e. The lowest BCUT2D eigenvalue weighted by Gasteiger charge is -2.36. The van der Waals surface area contributed by atoms with Gasteiger partial charge in [-0.05, 0) is 43.1 Å². The molecule has 2 fully saturated rings. The van der Waals surface area contributed by atoms with Crippen LogP contribution in [-0.2, 0) is 4.43 Å². The van der Waals surface area contributed by atoms with Gasteiger partial charge in [0.2, 0.25) is 0 Å². The van der Waals surface area contributed by atoms with Crippen LogP contribution in [0.2, 0.25) is 18.1 Å². The van der Waals surface area contributed by atoms with Gasteiger partial charge in [0.25, 0.3) is 0 Å². The van der Waals surface area contributed by atoms with Crippen LogP contribution in [-0.4, -0.2) is 43.0 Å². The normalized spacial score (nSPS) is 27.0. The first-order chi connectivity index (χ1) is 10.7. The lowest BCUT2D eigenvalue weighted by Crippen LogP contribution is -2.48. The minimum atomic E-state index is -1.76. The maximum Gasteiger partial charge on any atom is 0.327 e. The molecule has 2 atom stereocenters. The number of hydrogen-bond donors (Lipinski definition) is 0. The molecule has 4 nitrogen and oxygen atoms in total. The molecule has 0 bridgehead atoms. The van der Waals surface area contributed by atoms with E-state index in [2.05, 4.69) is 26.5 Å². The average Bonchev–Trinajstić information content (AvgIpc) is 3.25. The third kappa shape index (κ3) is 2.37. The molecule has 3 aliphatic rings. The zero-order valence-corrected chi connectivity index (χ0v) is 14.8. The number of carbonyl (C=O) groups excluding carboxylic acids is 1. The number of hydrogen-bond acceptors (Lipinski definition) is 2. The summed E-state index contributed by atoms with van der Waals surface area (Å²) in [5.41, 5.74) is 4.04. The van der Waals surface area contributed by atoms with Crippen LogP contribution in [0.25, 0.3) is 0 Å². The van der Waals surface area contributed by atoms with Crippen molar-refractivity contribution in [3.8, 4) is 0 Å². The molecule has 5 heteroatoms. The van der Waals surface area contributed by atoms with Crippen molar-refractivity contribution in [1.29, 1.82) is 0 Å². The lowest BCUT2D eigenvalue weighted by molar-refractivity contribution is 0.0698. The van der Waals surface area contributed by atoms with Gasteiger partial charge in [-0.3, -0.25) is 4.90 Å². The van der Waals surface area contributed by atoms with Crippen molar-refractivity contribution < 1.29 is 9.22 Å². The van der Waals surface area contributed by atoms with Gasteiger partial charge in [0, 0.05) is 6.54 Å². The molecule has 0 aromatic heterocycles. The first kappa shape index (κ1) is 15.6. The monoisotopic (exact) mass is 318 g/mol. The van der Waals surface area contributed by atoms with Crippen LogP contribution in [0.5, 0.6) is 0 Å². The van der Waals surface area contributed by atoms with E-state index in [1.807, 2.05) is 28.0 Å². The van der Waals surface area contributed by atoms with Crippen LogP contribution in [0.15, 0.2) is 29.7 Å². The molecule has 0 spiro atoms. The molecule has 0 aromatic carbocycles. The highest BCUT2D eigenvalue weighted by Crippen LogP contribution is 2.38. The van der Waals surface area contributed by atoms with E-state index in [1.165, 1.54) is 0 Å².